The van der Waals surface area contributed by atoms with Crippen LogP contribution in [0.25, 0.3) is 10.2 Å². The maximum atomic E-state index is 12.6. The molecule has 1 aromatic heterocycles. The van der Waals surface area contributed by atoms with Crippen LogP contribution in [-0.2, 0) is 25.6 Å². The molecule has 2 aromatic rings. The van der Waals surface area contributed by atoms with Gasteiger partial charge in [0.15, 0.2) is 4.80 Å². The molecule has 2 heterocycles. The van der Waals surface area contributed by atoms with Crippen LogP contribution < -0.4 is 4.80 Å². The Kier molecular flexibility index (Phi) is 9.73. The molecule has 186 valence electrons. The van der Waals surface area contributed by atoms with Crippen LogP contribution in [0.2, 0.25) is 0 Å². The lowest BCUT2D eigenvalue weighted by molar-refractivity contribution is -0.130. The molecule has 0 bridgehead atoms. The van der Waals surface area contributed by atoms with E-state index in [9.17, 15) is 14.4 Å². The number of carbonyl (C=O) groups is 3. The minimum atomic E-state index is -0.380. The normalized spacial score (nSPS) is 18.9. The number of hydrogen-bond acceptors (Lipinski definition) is 7. The molecule has 0 spiro atoms. The maximum Gasteiger partial charge on any atom is 0.338 e. The highest BCUT2D eigenvalue weighted by Gasteiger charge is 2.25. The Morgan fingerprint density at radius 3 is 2.59 bits per heavy atom. The van der Waals surface area contributed by atoms with Crippen LogP contribution in [0, 0.1) is 11.8 Å². The molecule has 0 aliphatic carbocycles. The zero-order chi connectivity index (χ0) is 24.7. The monoisotopic (exact) mass is 507 g/mol. The van der Waals surface area contributed by atoms with Crippen LogP contribution >= 0.6 is 23.1 Å². The first kappa shape index (κ1) is 26.4. The lowest BCUT2D eigenvalue weighted by atomic mass is 9.92. The van der Waals surface area contributed by atoms with Crippen LogP contribution in [0.1, 0.15) is 37.6 Å². The SMILES string of the molecule is CCOC(=O)c1ccc2c(c1)sc(=NC(=O)CSCC(=O)N1CC(C)CC(C)C1)n2CCOC. The van der Waals surface area contributed by atoms with Crippen LogP contribution in [-0.4, -0.2) is 72.2 Å². The van der Waals surface area contributed by atoms with Crippen LogP contribution in [0.3, 0.4) is 0 Å². The Hall–Kier alpha value is -2.17. The number of thiazole rings is 1. The van der Waals surface area contributed by atoms with Gasteiger partial charge < -0.3 is 18.9 Å². The number of ether oxygens (including phenoxy) is 2. The van der Waals surface area contributed by atoms with Crippen LogP contribution in [0.5, 0.6) is 0 Å². The molecule has 1 fully saturated rings. The molecule has 2 atom stereocenters. The zero-order valence-corrected chi connectivity index (χ0v) is 21.9. The van der Waals surface area contributed by atoms with E-state index in [1.54, 1.807) is 26.2 Å². The van der Waals surface area contributed by atoms with Crippen molar-refractivity contribution < 1.29 is 23.9 Å². The van der Waals surface area contributed by atoms with E-state index in [1.807, 2.05) is 15.5 Å². The molecule has 10 heteroatoms. The van der Waals surface area contributed by atoms with E-state index in [0.717, 1.165) is 29.7 Å². The van der Waals surface area contributed by atoms with Gasteiger partial charge in [0, 0.05) is 26.7 Å². The van der Waals surface area contributed by atoms with Crippen LogP contribution in [0.15, 0.2) is 23.2 Å². The Labute approximate surface area is 208 Å². The molecule has 0 N–H and O–H groups in total. The summed E-state index contributed by atoms with van der Waals surface area (Å²) in [5, 5.41) is 0. The molecule has 8 nitrogen and oxygen atoms in total. The fourth-order valence-corrected chi connectivity index (χ4v) is 6.03. The summed E-state index contributed by atoms with van der Waals surface area (Å²) in [6.07, 6.45) is 1.15. The van der Waals surface area contributed by atoms with Crippen LogP contribution in [0.4, 0.5) is 0 Å². The molecule has 34 heavy (non-hydrogen) atoms. The number of benzene rings is 1. The number of amides is 2. The molecule has 2 amide bonds. The van der Waals surface area contributed by atoms with Gasteiger partial charge in [0.2, 0.25) is 5.91 Å². The summed E-state index contributed by atoms with van der Waals surface area (Å²) in [6, 6.07) is 5.32. The van der Waals surface area contributed by atoms with E-state index in [2.05, 4.69) is 18.8 Å². The first-order chi connectivity index (χ1) is 16.3. The van der Waals surface area contributed by atoms with E-state index < -0.39 is 0 Å². The zero-order valence-electron chi connectivity index (χ0n) is 20.2. The standard InChI is InChI=1S/C24H33N3O5S2/c1-5-32-23(30)18-6-7-19-20(11-18)34-24(27(19)8-9-31-4)25-21(28)14-33-15-22(29)26-12-16(2)10-17(3)13-26/h6-7,11,16-17H,5,8-10,12-15H2,1-4H3. The van der Waals surface area contributed by atoms with Crippen molar-refractivity contribution in [3.8, 4) is 0 Å². The molecular weight excluding hydrogens is 474 g/mol. The highest BCUT2D eigenvalue weighted by Crippen LogP contribution is 2.22. The predicted molar refractivity (Wildman–Crippen MR) is 135 cm³/mol. The van der Waals surface area contributed by atoms with Crippen molar-refractivity contribution in [3.63, 3.8) is 0 Å². The van der Waals surface area contributed by atoms with Gasteiger partial charge in [0.1, 0.15) is 0 Å². The third kappa shape index (κ3) is 6.93. The number of carbonyl (C=O) groups excluding carboxylic acids is 3. The molecule has 2 unspecified atom stereocenters. The quantitative estimate of drug-likeness (QED) is 0.484. The molecular formula is C24H33N3O5S2. The predicted octanol–water partition coefficient (Wildman–Crippen LogP) is 3.19. The van der Waals surface area contributed by atoms with Crippen molar-refractivity contribution in [3.05, 3.63) is 28.6 Å². The summed E-state index contributed by atoms with van der Waals surface area (Å²) in [5.41, 5.74) is 1.33. The van der Waals surface area contributed by atoms with Gasteiger partial charge >= 0.3 is 5.97 Å². The maximum absolute atomic E-state index is 12.6. The first-order valence-electron chi connectivity index (χ1n) is 11.5. The average molecular weight is 508 g/mol. The first-order valence-corrected chi connectivity index (χ1v) is 13.5. The largest absolute Gasteiger partial charge is 0.462 e. The number of aromatic nitrogens is 1. The average Bonchev–Trinajstić information content (AvgIpc) is 3.12. The summed E-state index contributed by atoms with van der Waals surface area (Å²) in [6.45, 7) is 8.98. The number of piperidine rings is 1. The molecule has 0 radical (unpaired) electrons. The van der Waals surface area contributed by atoms with Crippen molar-refractivity contribution in [2.45, 2.75) is 33.7 Å². The van der Waals surface area contributed by atoms with E-state index in [4.69, 9.17) is 9.47 Å². The number of rotatable bonds is 9. The smallest absolute Gasteiger partial charge is 0.338 e. The van der Waals surface area contributed by atoms with E-state index in [1.165, 1.54) is 23.1 Å². The third-order valence-corrected chi connectivity index (χ3v) is 7.55. The Morgan fingerprint density at radius 2 is 1.91 bits per heavy atom. The minimum absolute atomic E-state index is 0.0831. The third-order valence-electron chi connectivity index (χ3n) is 5.61. The van der Waals surface area contributed by atoms with Crippen molar-refractivity contribution in [2.24, 2.45) is 16.8 Å². The number of nitrogens with zero attached hydrogens (tertiary/aromatic N) is 3. The lowest BCUT2D eigenvalue weighted by Gasteiger charge is -2.35. The van der Waals surface area contributed by atoms with Gasteiger partial charge in [-0.15, -0.1) is 11.8 Å². The van der Waals surface area contributed by atoms with Gasteiger partial charge in [-0.25, -0.2) is 4.79 Å². The topological polar surface area (TPSA) is 90.2 Å². The summed E-state index contributed by atoms with van der Waals surface area (Å²) < 4.78 is 13.1. The van der Waals surface area contributed by atoms with Gasteiger partial charge in [0.05, 0.1) is 40.5 Å². The number of esters is 1. The minimum Gasteiger partial charge on any atom is -0.462 e. The van der Waals surface area contributed by atoms with Crippen molar-refractivity contribution in [1.82, 2.24) is 9.47 Å². The van der Waals surface area contributed by atoms with Gasteiger partial charge in [-0.1, -0.05) is 25.2 Å². The molecule has 3 rings (SSSR count). The summed E-state index contributed by atoms with van der Waals surface area (Å²) in [5.74, 6) is 0.843. The van der Waals surface area contributed by atoms with E-state index in [0.29, 0.717) is 42.0 Å². The molecule has 1 aliphatic rings. The Bertz CT molecular complexity index is 1080. The van der Waals surface area contributed by atoms with E-state index in [-0.39, 0.29) is 29.3 Å². The number of thioether (sulfide) groups is 1. The molecule has 1 aliphatic heterocycles. The lowest BCUT2D eigenvalue weighted by Crippen LogP contribution is -2.43. The number of likely N-dealkylation sites (tertiary alicyclic amines) is 1. The fourth-order valence-electron chi connectivity index (χ4n) is 4.22. The Balaban J connectivity index is 1.71. The number of hydrogen-bond donors (Lipinski definition) is 0. The molecule has 1 saturated heterocycles. The fraction of sp³-hybridized carbons (Fsp3) is 0.583. The summed E-state index contributed by atoms with van der Waals surface area (Å²) in [7, 11) is 1.62. The summed E-state index contributed by atoms with van der Waals surface area (Å²) >= 11 is 2.65. The van der Waals surface area contributed by atoms with Crippen molar-refractivity contribution in [2.75, 3.05) is 44.9 Å². The number of methoxy groups -OCH3 is 1. The van der Waals surface area contributed by atoms with Gasteiger partial charge in [0.25, 0.3) is 5.91 Å². The molecule has 1 aromatic carbocycles. The second-order valence-electron chi connectivity index (χ2n) is 8.68. The highest BCUT2D eigenvalue weighted by atomic mass is 32.2. The van der Waals surface area contributed by atoms with Gasteiger partial charge in [-0.3, -0.25) is 9.59 Å². The van der Waals surface area contributed by atoms with Gasteiger partial charge in [-0.05, 0) is 43.4 Å². The van der Waals surface area contributed by atoms with E-state index >= 15 is 0 Å². The van der Waals surface area contributed by atoms with Crippen molar-refractivity contribution in [1.29, 1.82) is 0 Å². The highest BCUT2D eigenvalue weighted by molar-refractivity contribution is 8.00. The van der Waals surface area contributed by atoms with Crippen molar-refractivity contribution >= 4 is 51.1 Å². The van der Waals surface area contributed by atoms with Gasteiger partial charge in [-0.2, -0.15) is 4.99 Å². The second kappa shape index (κ2) is 12.5. The second-order valence-corrected chi connectivity index (χ2v) is 10.7. The molecule has 0 saturated carbocycles. The number of fused-ring (bicyclic) bond motifs is 1. The Morgan fingerprint density at radius 1 is 1.18 bits per heavy atom. The summed E-state index contributed by atoms with van der Waals surface area (Å²) in [4.78, 5) is 44.1.